The Balaban J connectivity index is 0.00000193. The number of hydrogen-bond donors (Lipinski definition) is 2. The van der Waals surface area contributed by atoms with E-state index in [0.717, 1.165) is 41.2 Å². The fourth-order valence-corrected chi connectivity index (χ4v) is 4.75. The van der Waals surface area contributed by atoms with Gasteiger partial charge in [0.25, 0.3) is 0 Å². The minimum atomic E-state index is 0. The summed E-state index contributed by atoms with van der Waals surface area (Å²) in [6, 6.07) is 18.1. The van der Waals surface area contributed by atoms with Gasteiger partial charge >= 0.3 is 0 Å². The number of benzene rings is 2. The second kappa shape index (κ2) is 14.9. The predicted molar refractivity (Wildman–Crippen MR) is 155 cm³/mol. The third-order valence-electron chi connectivity index (χ3n) is 6.45. The van der Waals surface area contributed by atoms with Gasteiger partial charge in [-0.2, -0.15) is 0 Å². The summed E-state index contributed by atoms with van der Waals surface area (Å²) in [5.74, 6) is 0. The average Bonchev–Trinajstić information content (AvgIpc) is 2.80. The molecule has 0 saturated heterocycles. The molecule has 0 radical (unpaired) electrons. The fourth-order valence-electron chi connectivity index (χ4n) is 4.58. The van der Waals surface area contributed by atoms with Crippen LogP contribution in [0, 0.1) is 0 Å². The third-order valence-corrected chi connectivity index (χ3v) is 6.69. The lowest BCUT2D eigenvalue weighted by Gasteiger charge is -2.31. The Morgan fingerprint density at radius 2 is 1.53 bits per heavy atom. The van der Waals surface area contributed by atoms with Crippen molar-refractivity contribution in [3.05, 3.63) is 65.3 Å². The molecule has 2 aromatic carbocycles. The van der Waals surface area contributed by atoms with Crippen LogP contribution in [0.1, 0.15) is 45.1 Å². The summed E-state index contributed by atoms with van der Waals surface area (Å²) in [6.07, 6.45) is 6.61. The smallest absolute Gasteiger partial charge is 0.0737 e. The minimum Gasteiger partial charge on any atom is -0.382 e. The lowest BCUT2D eigenvalue weighted by molar-refractivity contribution is 0.353. The van der Waals surface area contributed by atoms with Gasteiger partial charge in [0.15, 0.2) is 0 Å². The molecule has 0 spiro atoms. The molecule has 0 bridgehead atoms. The van der Waals surface area contributed by atoms with Gasteiger partial charge in [-0.3, -0.25) is 4.98 Å². The summed E-state index contributed by atoms with van der Waals surface area (Å²) >= 11 is 6.12. The second-order valence-electron chi connectivity index (χ2n) is 8.43. The number of nitrogens with one attached hydrogen (secondary N) is 2. The van der Waals surface area contributed by atoms with E-state index in [9.17, 15) is 0 Å². The lowest BCUT2D eigenvalue weighted by Crippen LogP contribution is -2.36. The Labute approximate surface area is 227 Å². The summed E-state index contributed by atoms with van der Waals surface area (Å²) in [4.78, 5) is 6.83. The van der Waals surface area contributed by atoms with E-state index in [4.69, 9.17) is 11.6 Å². The van der Waals surface area contributed by atoms with Gasteiger partial charge in [0.2, 0.25) is 0 Å². The van der Waals surface area contributed by atoms with Crippen molar-refractivity contribution < 1.29 is 0 Å². The molecule has 3 aromatic rings. The molecule has 1 aromatic heterocycles. The molecule has 4 rings (SSSR count). The number of anilines is 2. The molecule has 0 aliphatic heterocycles. The summed E-state index contributed by atoms with van der Waals surface area (Å²) in [7, 11) is 0. The molecular formula is C26H36Cl4N4. The van der Waals surface area contributed by atoms with Crippen molar-refractivity contribution in [3.8, 4) is 0 Å². The van der Waals surface area contributed by atoms with Gasteiger partial charge < -0.3 is 15.5 Å². The highest BCUT2D eigenvalue weighted by molar-refractivity contribution is 6.31. The number of pyridine rings is 1. The van der Waals surface area contributed by atoms with Crippen LogP contribution in [0.15, 0.2) is 54.7 Å². The molecule has 1 aliphatic carbocycles. The van der Waals surface area contributed by atoms with E-state index < -0.39 is 0 Å². The van der Waals surface area contributed by atoms with E-state index in [0.29, 0.717) is 12.1 Å². The SMILES string of the molecule is CCN(CC)c1ccc(CN[C@H]2CC[C@@H](Nc3ccnc4cc(Cl)ccc34)CC2)cc1.Cl.Cl.Cl. The first kappa shape index (κ1) is 30.6. The maximum atomic E-state index is 6.12. The van der Waals surface area contributed by atoms with Crippen molar-refractivity contribution in [1.29, 1.82) is 0 Å². The molecule has 0 unspecified atom stereocenters. The Hall–Kier alpha value is -1.43. The molecule has 8 heteroatoms. The zero-order chi connectivity index (χ0) is 21.6. The van der Waals surface area contributed by atoms with Crippen LogP contribution in [0.4, 0.5) is 11.4 Å². The van der Waals surface area contributed by atoms with E-state index in [1.165, 1.54) is 36.9 Å². The monoisotopic (exact) mass is 544 g/mol. The van der Waals surface area contributed by atoms with Gasteiger partial charge in [0.05, 0.1) is 5.52 Å². The molecule has 34 heavy (non-hydrogen) atoms. The summed E-state index contributed by atoms with van der Waals surface area (Å²) in [5, 5.41) is 9.39. The van der Waals surface area contributed by atoms with E-state index in [2.05, 4.69) is 70.8 Å². The van der Waals surface area contributed by atoms with Gasteiger partial charge in [-0.25, -0.2) is 0 Å². The number of rotatable bonds is 8. The number of halogens is 4. The third kappa shape index (κ3) is 7.79. The fraction of sp³-hybridized carbons (Fsp3) is 0.423. The van der Waals surface area contributed by atoms with Crippen molar-refractivity contribution in [2.24, 2.45) is 0 Å². The van der Waals surface area contributed by atoms with Gasteiger partial charge in [-0.1, -0.05) is 23.7 Å². The molecule has 2 N–H and O–H groups in total. The predicted octanol–water partition coefficient (Wildman–Crippen LogP) is 7.51. The maximum absolute atomic E-state index is 6.12. The van der Waals surface area contributed by atoms with Crippen molar-refractivity contribution >= 4 is 71.1 Å². The Bertz CT molecular complexity index is 988. The number of hydrogen-bond acceptors (Lipinski definition) is 4. The topological polar surface area (TPSA) is 40.2 Å². The van der Waals surface area contributed by atoms with Crippen LogP contribution >= 0.6 is 48.8 Å². The van der Waals surface area contributed by atoms with Gasteiger partial charge in [-0.15, -0.1) is 37.2 Å². The average molecular weight is 546 g/mol. The van der Waals surface area contributed by atoms with Crippen LogP contribution < -0.4 is 15.5 Å². The Morgan fingerprint density at radius 1 is 0.882 bits per heavy atom. The largest absolute Gasteiger partial charge is 0.382 e. The second-order valence-corrected chi connectivity index (χ2v) is 8.87. The van der Waals surface area contributed by atoms with Crippen LogP contribution in [0.3, 0.4) is 0 Å². The highest BCUT2D eigenvalue weighted by atomic mass is 35.5. The first-order valence-electron chi connectivity index (χ1n) is 11.5. The molecule has 188 valence electrons. The van der Waals surface area contributed by atoms with Crippen LogP contribution in [-0.4, -0.2) is 30.2 Å². The molecule has 4 nitrogen and oxygen atoms in total. The molecule has 1 aliphatic rings. The van der Waals surface area contributed by atoms with Crippen LogP contribution in [0.25, 0.3) is 10.9 Å². The van der Waals surface area contributed by atoms with Crippen molar-refractivity contribution in [2.45, 2.75) is 58.2 Å². The van der Waals surface area contributed by atoms with Crippen molar-refractivity contribution in [1.82, 2.24) is 10.3 Å². The van der Waals surface area contributed by atoms with Crippen molar-refractivity contribution in [3.63, 3.8) is 0 Å². The van der Waals surface area contributed by atoms with Gasteiger partial charge in [0, 0.05) is 59.7 Å². The van der Waals surface area contributed by atoms with Crippen molar-refractivity contribution in [2.75, 3.05) is 23.3 Å². The molecule has 1 saturated carbocycles. The summed E-state index contributed by atoms with van der Waals surface area (Å²) in [5.41, 5.74) is 4.77. The van der Waals surface area contributed by atoms with E-state index in [-0.39, 0.29) is 37.2 Å². The first-order valence-corrected chi connectivity index (χ1v) is 11.9. The van der Waals surface area contributed by atoms with Crippen LogP contribution in [0.5, 0.6) is 0 Å². The van der Waals surface area contributed by atoms with E-state index >= 15 is 0 Å². The van der Waals surface area contributed by atoms with Crippen LogP contribution in [0.2, 0.25) is 5.02 Å². The quantitative estimate of drug-likeness (QED) is 0.307. The Kier molecular flexibility index (Phi) is 13.4. The maximum Gasteiger partial charge on any atom is 0.0737 e. The van der Waals surface area contributed by atoms with Gasteiger partial charge in [0.1, 0.15) is 0 Å². The number of fused-ring (bicyclic) bond motifs is 1. The normalized spacial score (nSPS) is 17.1. The molecule has 1 fully saturated rings. The summed E-state index contributed by atoms with van der Waals surface area (Å²) < 4.78 is 0. The highest BCUT2D eigenvalue weighted by Gasteiger charge is 2.21. The molecule has 0 atom stereocenters. The molecule has 1 heterocycles. The summed E-state index contributed by atoms with van der Waals surface area (Å²) in [6.45, 7) is 7.45. The first-order chi connectivity index (χ1) is 15.2. The minimum absolute atomic E-state index is 0. The zero-order valence-corrected chi connectivity index (χ0v) is 23.0. The zero-order valence-electron chi connectivity index (χ0n) is 19.8. The van der Waals surface area contributed by atoms with Gasteiger partial charge in [-0.05, 0) is 81.5 Å². The number of aromatic nitrogens is 1. The standard InChI is InChI=1S/C26H33ClN4.3ClH/c1-3-31(4-2)23-12-5-19(6-13-23)18-29-21-8-10-22(11-9-21)30-25-15-16-28-26-17-20(27)7-14-24(25)26;;;/h5-7,12-17,21-22,29H,3-4,8-11,18H2,1-2H3,(H,28,30);3*1H/t21-,22+;;;. The van der Waals surface area contributed by atoms with Crippen LogP contribution in [-0.2, 0) is 6.54 Å². The molecular weight excluding hydrogens is 510 g/mol. The highest BCUT2D eigenvalue weighted by Crippen LogP contribution is 2.28. The lowest BCUT2D eigenvalue weighted by atomic mass is 9.90. The number of nitrogens with zero attached hydrogens (tertiary/aromatic N) is 2. The van der Waals surface area contributed by atoms with E-state index in [1.54, 1.807) is 0 Å². The van der Waals surface area contributed by atoms with E-state index in [1.807, 2.05) is 18.3 Å². The Morgan fingerprint density at radius 3 is 2.18 bits per heavy atom. The molecule has 0 amide bonds.